The molecular weight excluding hydrogens is 176 g/mol. The maximum atomic E-state index is 9.40. The molecule has 0 aromatic carbocycles. The molecule has 5 nitrogen and oxygen atoms in total. The van der Waals surface area contributed by atoms with Crippen molar-refractivity contribution in [3.8, 4) is 0 Å². The van der Waals surface area contributed by atoms with Crippen molar-refractivity contribution in [1.82, 2.24) is 0 Å². The third-order valence-electron chi connectivity index (χ3n) is 1.90. The molecule has 3 N–H and O–H groups in total. The van der Waals surface area contributed by atoms with Crippen molar-refractivity contribution in [2.45, 2.75) is 44.6 Å². The molecule has 1 unspecified atom stereocenters. The molecule has 1 aliphatic heterocycles. The van der Waals surface area contributed by atoms with E-state index in [1.54, 1.807) is 13.8 Å². The van der Waals surface area contributed by atoms with E-state index in [2.05, 4.69) is 0 Å². The molecule has 0 spiro atoms. The van der Waals surface area contributed by atoms with Crippen molar-refractivity contribution in [3.05, 3.63) is 0 Å². The average Bonchev–Trinajstić information content (AvgIpc) is 2.32. The molecule has 0 saturated carbocycles. The number of hydrogen-bond acceptors (Lipinski definition) is 5. The Balaban J connectivity index is 2.50. The second-order valence-electron chi connectivity index (χ2n) is 3.39. The van der Waals surface area contributed by atoms with E-state index in [1.807, 2.05) is 0 Å². The summed E-state index contributed by atoms with van der Waals surface area (Å²) in [6.07, 6.45) is -3.84. The number of ether oxygens (including phenoxy) is 2. The van der Waals surface area contributed by atoms with Gasteiger partial charge in [-0.2, -0.15) is 0 Å². The van der Waals surface area contributed by atoms with Gasteiger partial charge in [-0.1, -0.05) is 0 Å². The fourth-order valence-electron chi connectivity index (χ4n) is 1.25. The van der Waals surface area contributed by atoms with Crippen LogP contribution < -0.4 is 0 Å². The summed E-state index contributed by atoms with van der Waals surface area (Å²) in [4.78, 5) is 0. The molecule has 13 heavy (non-hydrogen) atoms. The van der Waals surface area contributed by atoms with Crippen molar-refractivity contribution in [3.63, 3.8) is 0 Å². The zero-order chi connectivity index (χ0) is 10.0. The van der Waals surface area contributed by atoms with E-state index in [0.717, 1.165) is 0 Å². The molecule has 0 bridgehead atoms. The van der Waals surface area contributed by atoms with Crippen LogP contribution in [0.3, 0.4) is 0 Å². The fourth-order valence-corrected chi connectivity index (χ4v) is 1.25. The number of aliphatic hydroxyl groups is 3. The molecule has 0 aromatic rings. The predicted molar refractivity (Wildman–Crippen MR) is 44.0 cm³/mol. The van der Waals surface area contributed by atoms with Crippen molar-refractivity contribution >= 4 is 0 Å². The first-order valence-corrected chi connectivity index (χ1v) is 4.34. The average molecular weight is 192 g/mol. The molecule has 5 heteroatoms. The molecule has 0 aliphatic carbocycles. The van der Waals surface area contributed by atoms with Gasteiger partial charge in [0.2, 0.25) is 0 Å². The van der Waals surface area contributed by atoms with Gasteiger partial charge in [0.25, 0.3) is 0 Å². The molecule has 0 radical (unpaired) electrons. The van der Waals surface area contributed by atoms with Crippen molar-refractivity contribution < 1.29 is 24.8 Å². The number of aliphatic hydroxyl groups excluding tert-OH is 3. The van der Waals surface area contributed by atoms with Crippen LogP contribution in [0.5, 0.6) is 0 Å². The van der Waals surface area contributed by atoms with E-state index >= 15 is 0 Å². The summed E-state index contributed by atoms with van der Waals surface area (Å²) < 4.78 is 10.3. The van der Waals surface area contributed by atoms with Crippen LogP contribution in [0.2, 0.25) is 0 Å². The van der Waals surface area contributed by atoms with Crippen LogP contribution in [0.1, 0.15) is 13.8 Å². The first-order valence-electron chi connectivity index (χ1n) is 4.34. The Kier molecular flexibility index (Phi) is 3.63. The molecule has 0 amide bonds. The Morgan fingerprint density at radius 3 is 2.31 bits per heavy atom. The van der Waals surface area contributed by atoms with Gasteiger partial charge in [0.1, 0.15) is 18.3 Å². The molecule has 1 fully saturated rings. The molecule has 0 aromatic heterocycles. The standard InChI is InChI=1S/C8H16O5/c1-4(2)12-8-7(11)6(10)5(3-9)13-8/h4-11H,3H2,1-2H3/t5-,6-,7+,8?/m0/s1. The third kappa shape index (κ3) is 2.38. The maximum Gasteiger partial charge on any atom is 0.186 e. The Morgan fingerprint density at radius 1 is 1.31 bits per heavy atom. The molecule has 1 heterocycles. The lowest BCUT2D eigenvalue weighted by Crippen LogP contribution is -2.35. The van der Waals surface area contributed by atoms with E-state index in [1.165, 1.54) is 0 Å². The van der Waals surface area contributed by atoms with Gasteiger partial charge in [0.15, 0.2) is 6.29 Å². The van der Waals surface area contributed by atoms with Crippen LogP contribution in [-0.2, 0) is 9.47 Å². The highest BCUT2D eigenvalue weighted by atomic mass is 16.7. The van der Waals surface area contributed by atoms with Crippen LogP contribution >= 0.6 is 0 Å². The monoisotopic (exact) mass is 192 g/mol. The van der Waals surface area contributed by atoms with Crippen LogP contribution in [0.25, 0.3) is 0 Å². The first kappa shape index (κ1) is 10.9. The minimum Gasteiger partial charge on any atom is -0.394 e. The Hall–Kier alpha value is -0.200. The van der Waals surface area contributed by atoms with E-state index in [-0.39, 0.29) is 12.7 Å². The smallest absolute Gasteiger partial charge is 0.186 e. The summed E-state index contributed by atoms with van der Waals surface area (Å²) in [6.45, 7) is 3.28. The Morgan fingerprint density at radius 2 is 1.92 bits per heavy atom. The van der Waals surface area contributed by atoms with Gasteiger partial charge in [-0.3, -0.25) is 0 Å². The van der Waals surface area contributed by atoms with E-state index in [9.17, 15) is 10.2 Å². The topological polar surface area (TPSA) is 79.2 Å². The van der Waals surface area contributed by atoms with Gasteiger partial charge >= 0.3 is 0 Å². The van der Waals surface area contributed by atoms with Crippen LogP contribution in [0.4, 0.5) is 0 Å². The zero-order valence-corrected chi connectivity index (χ0v) is 7.75. The number of rotatable bonds is 3. The fraction of sp³-hybridized carbons (Fsp3) is 1.00. The summed E-state index contributed by atoms with van der Waals surface area (Å²) in [5, 5.41) is 27.5. The van der Waals surface area contributed by atoms with Gasteiger partial charge in [-0.15, -0.1) is 0 Å². The summed E-state index contributed by atoms with van der Waals surface area (Å²) in [6, 6.07) is 0. The highest BCUT2D eigenvalue weighted by molar-refractivity contribution is 4.86. The lowest BCUT2D eigenvalue weighted by Gasteiger charge is -2.17. The highest BCUT2D eigenvalue weighted by Crippen LogP contribution is 2.22. The summed E-state index contributed by atoms with van der Waals surface area (Å²) in [7, 11) is 0. The highest BCUT2D eigenvalue weighted by Gasteiger charge is 2.43. The summed E-state index contributed by atoms with van der Waals surface area (Å²) >= 11 is 0. The summed E-state index contributed by atoms with van der Waals surface area (Å²) in [5.74, 6) is 0. The maximum absolute atomic E-state index is 9.40. The number of hydrogen-bond donors (Lipinski definition) is 3. The van der Waals surface area contributed by atoms with Gasteiger partial charge < -0.3 is 24.8 Å². The molecule has 78 valence electrons. The van der Waals surface area contributed by atoms with Gasteiger partial charge in [-0.05, 0) is 13.8 Å². The van der Waals surface area contributed by atoms with Crippen molar-refractivity contribution in [1.29, 1.82) is 0 Å². The molecule has 1 saturated heterocycles. The largest absolute Gasteiger partial charge is 0.394 e. The van der Waals surface area contributed by atoms with E-state index in [4.69, 9.17) is 14.6 Å². The Bertz CT molecular complexity index is 161. The minimum absolute atomic E-state index is 0.0932. The second kappa shape index (κ2) is 4.34. The molecular formula is C8H16O5. The van der Waals surface area contributed by atoms with Crippen molar-refractivity contribution in [2.75, 3.05) is 6.61 Å². The van der Waals surface area contributed by atoms with Crippen LogP contribution in [-0.4, -0.2) is 52.6 Å². The second-order valence-corrected chi connectivity index (χ2v) is 3.39. The molecule has 1 aliphatic rings. The van der Waals surface area contributed by atoms with Crippen LogP contribution in [0.15, 0.2) is 0 Å². The Labute approximate surface area is 76.9 Å². The van der Waals surface area contributed by atoms with Gasteiger partial charge in [0.05, 0.1) is 12.7 Å². The molecule has 4 atom stereocenters. The van der Waals surface area contributed by atoms with E-state index in [0.29, 0.717) is 0 Å². The van der Waals surface area contributed by atoms with E-state index < -0.39 is 24.6 Å². The minimum atomic E-state index is -1.08. The van der Waals surface area contributed by atoms with Gasteiger partial charge in [-0.25, -0.2) is 0 Å². The predicted octanol–water partition coefficient (Wildman–Crippen LogP) is -1.15. The summed E-state index contributed by atoms with van der Waals surface area (Å²) in [5.41, 5.74) is 0. The van der Waals surface area contributed by atoms with Gasteiger partial charge in [0, 0.05) is 0 Å². The van der Waals surface area contributed by atoms with Crippen LogP contribution in [0, 0.1) is 0 Å². The lowest BCUT2D eigenvalue weighted by molar-refractivity contribution is -0.186. The molecule has 1 rings (SSSR count). The quantitative estimate of drug-likeness (QED) is 0.526. The SMILES string of the molecule is CC(C)OC1O[C@@H](CO)[C@H](O)[C@H]1O. The normalized spacial score (nSPS) is 40.2. The zero-order valence-electron chi connectivity index (χ0n) is 7.75. The lowest BCUT2D eigenvalue weighted by atomic mass is 10.1. The third-order valence-corrected chi connectivity index (χ3v) is 1.90. The first-order chi connectivity index (χ1) is 6.06. The van der Waals surface area contributed by atoms with Crippen molar-refractivity contribution in [2.24, 2.45) is 0 Å².